The maximum atomic E-state index is 11.3. The highest BCUT2D eigenvalue weighted by atomic mass is 127. The average Bonchev–Trinajstić information content (AvgIpc) is 2.82. The normalized spacial score (nSPS) is 18.1. The molecule has 0 radical (unpaired) electrons. The molecule has 0 aliphatic carbocycles. The molecule has 0 saturated carbocycles. The molecule has 1 saturated heterocycles. The molecule has 1 fully saturated rings. The highest BCUT2D eigenvalue weighted by Crippen LogP contribution is 2.33. The average molecular weight is 566 g/mol. The minimum absolute atomic E-state index is 0. The molecule has 3 N–H and O–H groups in total. The standard InChI is InChI=1S/C25H34N4O3.HI/c1-4-26-24(27-16-19-9-13-22(14-10-19)29-25(30)31-3)28-17-21-6-5-15-32-23(21)20-11-7-18(2)8-12-20;/h7-14,21,23H,4-6,15-17H2,1-3H3,(H,29,30)(H2,26,27,28);1H. The van der Waals surface area contributed by atoms with Crippen molar-refractivity contribution >= 4 is 41.7 Å². The predicted octanol–water partition coefficient (Wildman–Crippen LogP) is 5.01. The van der Waals surface area contributed by atoms with Crippen LogP contribution >= 0.6 is 24.0 Å². The second-order valence-electron chi connectivity index (χ2n) is 7.99. The zero-order chi connectivity index (χ0) is 22.8. The summed E-state index contributed by atoms with van der Waals surface area (Å²) in [4.78, 5) is 16.0. The van der Waals surface area contributed by atoms with E-state index in [0.717, 1.165) is 44.1 Å². The minimum atomic E-state index is -0.481. The SMILES string of the molecule is CCNC(=NCc1ccc(NC(=O)OC)cc1)NCC1CCCOC1c1ccc(C)cc1.I. The Hall–Kier alpha value is -2.33. The van der Waals surface area contributed by atoms with Crippen molar-refractivity contribution in [2.75, 3.05) is 32.1 Å². The molecule has 33 heavy (non-hydrogen) atoms. The van der Waals surface area contributed by atoms with Crippen molar-refractivity contribution in [2.45, 2.75) is 39.3 Å². The van der Waals surface area contributed by atoms with E-state index in [9.17, 15) is 4.79 Å². The van der Waals surface area contributed by atoms with Crippen LogP contribution in [0.5, 0.6) is 0 Å². The molecule has 1 amide bonds. The molecule has 2 aromatic rings. The van der Waals surface area contributed by atoms with Gasteiger partial charge in [0.1, 0.15) is 0 Å². The van der Waals surface area contributed by atoms with E-state index in [1.165, 1.54) is 18.2 Å². The van der Waals surface area contributed by atoms with E-state index in [1.54, 1.807) is 0 Å². The first-order valence-corrected chi connectivity index (χ1v) is 11.2. The number of methoxy groups -OCH3 is 1. The number of anilines is 1. The number of nitrogens with zero attached hydrogens (tertiary/aromatic N) is 1. The van der Waals surface area contributed by atoms with Crippen molar-refractivity contribution in [2.24, 2.45) is 10.9 Å². The molecule has 2 atom stereocenters. The molecule has 2 unspecified atom stereocenters. The van der Waals surface area contributed by atoms with Crippen molar-refractivity contribution in [3.05, 3.63) is 65.2 Å². The van der Waals surface area contributed by atoms with Crippen LogP contribution < -0.4 is 16.0 Å². The van der Waals surface area contributed by atoms with Crippen molar-refractivity contribution in [1.82, 2.24) is 10.6 Å². The monoisotopic (exact) mass is 566 g/mol. The number of guanidine groups is 1. The molecule has 180 valence electrons. The number of hydrogen-bond donors (Lipinski definition) is 3. The van der Waals surface area contributed by atoms with Crippen LogP contribution in [-0.2, 0) is 16.0 Å². The number of aryl methyl sites for hydroxylation is 1. The number of hydrogen-bond acceptors (Lipinski definition) is 4. The van der Waals surface area contributed by atoms with Gasteiger partial charge in [0.05, 0.1) is 19.8 Å². The van der Waals surface area contributed by atoms with Crippen LogP contribution in [0.4, 0.5) is 10.5 Å². The Labute approximate surface area is 213 Å². The Morgan fingerprint density at radius 3 is 2.52 bits per heavy atom. The van der Waals surface area contributed by atoms with Crippen LogP contribution in [0, 0.1) is 12.8 Å². The van der Waals surface area contributed by atoms with E-state index >= 15 is 0 Å². The molecule has 7 nitrogen and oxygen atoms in total. The summed E-state index contributed by atoms with van der Waals surface area (Å²) in [6, 6.07) is 16.2. The molecule has 1 heterocycles. The second kappa shape index (κ2) is 14.0. The summed E-state index contributed by atoms with van der Waals surface area (Å²) in [5.41, 5.74) is 4.24. The van der Waals surface area contributed by atoms with Gasteiger partial charge in [-0.2, -0.15) is 0 Å². The van der Waals surface area contributed by atoms with Gasteiger partial charge in [-0.1, -0.05) is 42.0 Å². The highest BCUT2D eigenvalue weighted by Gasteiger charge is 2.27. The number of amides is 1. The van der Waals surface area contributed by atoms with Gasteiger partial charge in [0.25, 0.3) is 0 Å². The van der Waals surface area contributed by atoms with Crippen molar-refractivity contribution in [3.63, 3.8) is 0 Å². The minimum Gasteiger partial charge on any atom is -0.453 e. The number of rotatable bonds is 7. The van der Waals surface area contributed by atoms with Crippen LogP contribution in [0.15, 0.2) is 53.5 Å². The summed E-state index contributed by atoms with van der Waals surface area (Å²) in [5, 5.41) is 9.47. The largest absolute Gasteiger partial charge is 0.453 e. The first-order valence-electron chi connectivity index (χ1n) is 11.2. The zero-order valence-electron chi connectivity index (χ0n) is 19.6. The first kappa shape index (κ1) is 26.9. The lowest BCUT2D eigenvalue weighted by Gasteiger charge is -2.32. The number of carbonyl (C=O) groups is 1. The molecule has 0 bridgehead atoms. The third-order valence-electron chi connectivity index (χ3n) is 5.53. The number of benzene rings is 2. The third kappa shape index (κ3) is 8.51. The van der Waals surface area contributed by atoms with Gasteiger partial charge < -0.3 is 20.1 Å². The summed E-state index contributed by atoms with van der Waals surface area (Å²) >= 11 is 0. The zero-order valence-corrected chi connectivity index (χ0v) is 21.9. The van der Waals surface area contributed by atoms with Gasteiger partial charge in [-0.3, -0.25) is 5.32 Å². The lowest BCUT2D eigenvalue weighted by Crippen LogP contribution is -2.42. The lowest BCUT2D eigenvalue weighted by atomic mass is 9.89. The van der Waals surface area contributed by atoms with Gasteiger partial charge in [-0.05, 0) is 49.9 Å². The molecular weight excluding hydrogens is 531 g/mol. The Bertz CT molecular complexity index is 888. The van der Waals surface area contributed by atoms with Gasteiger partial charge in [0.2, 0.25) is 0 Å². The number of nitrogens with one attached hydrogen (secondary N) is 3. The second-order valence-corrected chi connectivity index (χ2v) is 7.99. The molecule has 0 spiro atoms. The molecule has 1 aliphatic rings. The van der Waals surface area contributed by atoms with Gasteiger partial charge >= 0.3 is 6.09 Å². The quantitative estimate of drug-likeness (QED) is 0.249. The van der Waals surface area contributed by atoms with Crippen LogP contribution in [0.2, 0.25) is 0 Å². The molecule has 8 heteroatoms. The van der Waals surface area contributed by atoms with Gasteiger partial charge in [0, 0.05) is 31.3 Å². The first-order chi connectivity index (χ1) is 15.6. The van der Waals surface area contributed by atoms with Crippen LogP contribution in [-0.4, -0.2) is 38.9 Å². The summed E-state index contributed by atoms with van der Waals surface area (Å²) in [7, 11) is 1.34. The summed E-state index contributed by atoms with van der Waals surface area (Å²) in [6.45, 7) is 7.10. The van der Waals surface area contributed by atoms with E-state index in [4.69, 9.17) is 9.73 Å². The molecule has 1 aliphatic heterocycles. The van der Waals surface area contributed by atoms with E-state index in [-0.39, 0.29) is 30.1 Å². The van der Waals surface area contributed by atoms with Crippen LogP contribution in [0.1, 0.15) is 42.6 Å². The number of carbonyl (C=O) groups excluding carboxylic acids is 1. The fraction of sp³-hybridized carbons (Fsp3) is 0.440. The molecule has 2 aromatic carbocycles. The molecule has 3 rings (SSSR count). The fourth-order valence-electron chi connectivity index (χ4n) is 3.78. The topological polar surface area (TPSA) is 84.0 Å². The number of ether oxygens (including phenoxy) is 2. The van der Waals surface area contributed by atoms with Crippen molar-refractivity contribution in [3.8, 4) is 0 Å². The third-order valence-corrected chi connectivity index (χ3v) is 5.53. The van der Waals surface area contributed by atoms with E-state index < -0.39 is 6.09 Å². The summed E-state index contributed by atoms with van der Waals surface area (Å²) in [6.07, 6.45) is 1.83. The van der Waals surface area contributed by atoms with Gasteiger partial charge in [0.15, 0.2) is 5.96 Å². The van der Waals surface area contributed by atoms with Crippen molar-refractivity contribution in [1.29, 1.82) is 0 Å². The predicted molar refractivity (Wildman–Crippen MR) is 143 cm³/mol. The highest BCUT2D eigenvalue weighted by molar-refractivity contribution is 14.0. The molecular formula is C25H35IN4O3. The van der Waals surface area contributed by atoms with E-state index in [0.29, 0.717) is 18.2 Å². The lowest BCUT2D eigenvalue weighted by molar-refractivity contribution is -0.0265. The van der Waals surface area contributed by atoms with Crippen molar-refractivity contribution < 1.29 is 14.3 Å². The van der Waals surface area contributed by atoms with Crippen LogP contribution in [0.3, 0.4) is 0 Å². The van der Waals surface area contributed by atoms with Crippen LogP contribution in [0.25, 0.3) is 0 Å². The maximum Gasteiger partial charge on any atom is 0.411 e. The molecule has 0 aromatic heterocycles. The summed E-state index contributed by atoms with van der Waals surface area (Å²) in [5.74, 6) is 1.18. The maximum absolute atomic E-state index is 11.3. The van der Waals surface area contributed by atoms with E-state index in [2.05, 4.69) is 58.8 Å². The smallest absolute Gasteiger partial charge is 0.411 e. The van der Waals surface area contributed by atoms with Gasteiger partial charge in [-0.15, -0.1) is 24.0 Å². The Balaban J connectivity index is 0.00000385. The fourth-order valence-corrected chi connectivity index (χ4v) is 3.78. The number of aliphatic imine (C=N–C) groups is 1. The number of halogens is 1. The Kier molecular flexibility index (Phi) is 11.5. The summed E-state index contributed by atoms with van der Waals surface area (Å²) < 4.78 is 10.8. The Morgan fingerprint density at radius 2 is 1.85 bits per heavy atom. The van der Waals surface area contributed by atoms with E-state index in [1.807, 2.05) is 24.3 Å². The van der Waals surface area contributed by atoms with Gasteiger partial charge in [-0.25, -0.2) is 9.79 Å². The Morgan fingerprint density at radius 1 is 1.12 bits per heavy atom.